The molecule has 90 heavy (non-hydrogen) atoms. The fourth-order valence-electron chi connectivity index (χ4n) is 5.79. The summed E-state index contributed by atoms with van der Waals surface area (Å²) in [6, 6.07) is 0. The molecule has 0 saturated carbocycles. The van der Waals surface area contributed by atoms with E-state index in [1.807, 2.05) is 166 Å². The molecule has 0 spiro atoms. The standard InChI is InChI=1S/C15H29O2.C13H25O2.C12H23O2.2C11H21O2.C10H19O2.6Y/c1-10-11(2)12(16)17-15(9,13(3,4)5)14(6,7)8;1-8-11(6)12(14)15-13(7,9(2)3)10(4)5;1-8-9(2)10(13)14-12(6,7)11(3,4)5;1-7-9(4)10(12)13-11(5,6)8(2)3;1-6-9(4)10(12)13-11(5,7-2)8-3;1-6-8(3)9(11)12-10(4,5)7-2;;;;;;/h10H2,1-9H3;9-10H,8H2,1-7H3;8H2,1-7H3;8H,7H2,1-6H3;6-8H2,1-5H3;6-7H2,1-5H3;;;;;;/q6*-1;;;;;;. The Labute approximate surface area is 710 Å². The van der Waals surface area contributed by atoms with Crippen LogP contribution in [0.2, 0.25) is 0 Å². The molecule has 0 amide bonds. The van der Waals surface area contributed by atoms with Gasteiger partial charge in [0.15, 0.2) is 35.8 Å². The number of esters is 6. The van der Waals surface area contributed by atoms with Gasteiger partial charge in [0, 0.05) is 213 Å². The number of hydrogen-bond donors (Lipinski definition) is 0. The van der Waals surface area contributed by atoms with Crippen molar-refractivity contribution in [3.8, 4) is 0 Å². The normalized spacial score (nSPS) is 11.3. The molecule has 0 atom stereocenters. The van der Waals surface area contributed by atoms with E-state index in [0.29, 0.717) is 17.8 Å². The maximum atomic E-state index is 12.0. The molecule has 0 unspecified atom stereocenters. The monoisotopic (exact) mass is 1730 g/mol. The smallest absolute Gasteiger partial charge is 0.170 e. The van der Waals surface area contributed by atoms with Gasteiger partial charge < -0.3 is 28.4 Å². The first-order chi connectivity index (χ1) is 37.5. The van der Waals surface area contributed by atoms with Crippen LogP contribution in [0.1, 0.15) is 328 Å². The van der Waals surface area contributed by atoms with Crippen LogP contribution in [-0.2, 0) is 253 Å². The van der Waals surface area contributed by atoms with E-state index in [2.05, 4.69) is 104 Å². The molecule has 0 N–H and O–H groups in total. The van der Waals surface area contributed by atoms with E-state index in [-0.39, 0.29) is 271 Å². The summed E-state index contributed by atoms with van der Waals surface area (Å²) in [5, 5.41) is 0. The molecular formula is C72H138O12Y6-6. The molecular weight excluding hydrogens is 1590 g/mol. The van der Waals surface area contributed by atoms with Gasteiger partial charge in [-0.3, -0.25) is 64.3 Å². The molecule has 0 bridgehead atoms. The maximum Gasteiger partial charge on any atom is 0.170 e. The van der Waals surface area contributed by atoms with Crippen LogP contribution in [0, 0.1) is 69.5 Å². The molecule has 0 aliphatic rings. The summed E-state index contributed by atoms with van der Waals surface area (Å²) in [5.74, 6) is 4.75. The van der Waals surface area contributed by atoms with Crippen molar-refractivity contribution in [2.75, 3.05) is 0 Å². The van der Waals surface area contributed by atoms with Crippen LogP contribution in [0.4, 0.5) is 0 Å². The van der Waals surface area contributed by atoms with Crippen LogP contribution >= 0.6 is 0 Å². The summed E-state index contributed by atoms with van der Waals surface area (Å²) in [4.78, 5) is 69.5. The van der Waals surface area contributed by atoms with Crippen molar-refractivity contribution < 1.29 is 253 Å². The molecule has 0 fully saturated rings. The van der Waals surface area contributed by atoms with Gasteiger partial charge in [0.2, 0.25) is 0 Å². The zero-order chi connectivity index (χ0) is 68.8. The van der Waals surface area contributed by atoms with Crippen LogP contribution in [0.25, 0.3) is 0 Å². The minimum atomic E-state index is -0.493. The second-order valence-electron chi connectivity index (χ2n) is 29.0. The average Bonchev–Trinajstić information content (AvgIpc) is 3.38. The summed E-state index contributed by atoms with van der Waals surface area (Å²) >= 11 is 0. The molecule has 12 nitrogen and oxygen atoms in total. The molecule has 0 aliphatic heterocycles. The first-order valence-electron chi connectivity index (χ1n) is 31.8. The van der Waals surface area contributed by atoms with Crippen molar-refractivity contribution in [3.63, 3.8) is 0 Å². The minimum Gasteiger partial charge on any atom is -0.482 e. The predicted molar refractivity (Wildman–Crippen MR) is 353 cm³/mol. The van der Waals surface area contributed by atoms with Gasteiger partial charge in [-0.1, -0.05) is 166 Å². The quantitative estimate of drug-likeness (QED) is 0.0512. The first kappa shape index (κ1) is 120. The van der Waals surface area contributed by atoms with Gasteiger partial charge >= 0.3 is 0 Å². The van der Waals surface area contributed by atoms with Gasteiger partial charge in [-0.15, -0.1) is 0 Å². The van der Waals surface area contributed by atoms with E-state index >= 15 is 0 Å². The Morgan fingerprint density at radius 3 is 0.744 bits per heavy atom. The molecule has 0 saturated heterocycles. The Hall–Kier alpha value is 2.66. The fraction of sp³-hybridized carbons (Fsp3) is 0.833. The molecule has 18 heteroatoms. The third kappa shape index (κ3) is 48.4. The van der Waals surface area contributed by atoms with Crippen molar-refractivity contribution in [1.82, 2.24) is 0 Å². The van der Waals surface area contributed by atoms with E-state index in [1.165, 1.54) is 0 Å². The van der Waals surface area contributed by atoms with Gasteiger partial charge in [0.05, 0.1) is 0 Å². The second-order valence-corrected chi connectivity index (χ2v) is 29.0. The molecule has 0 aliphatic carbocycles. The number of carbonyl (C=O) groups excluding carboxylic acids is 6. The SMILES string of the molecule is CC[C-](C)C(=O)OC(C)(C(C)(C)C)C(C)(C)C.CC[C-](C)C(=O)OC(C)(C(C)C)C(C)C.CC[C-](C)C(=O)OC(C)(C)C(C)(C)C.CC[C-](C)C(=O)OC(C)(C)C(C)C.CC[C-](C)C(=O)OC(C)(C)CC.CC[C-](C)C(=O)OC(C)(CC)CC.[Y].[Y].[Y].[Y].[Y].[Y]. The second kappa shape index (κ2) is 55.4. The molecule has 0 aromatic carbocycles. The van der Waals surface area contributed by atoms with Gasteiger partial charge in [-0.25, -0.2) is 0 Å². The molecule has 6 radical (unpaired) electrons. The summed E-state index contributed by atoms with van der Waals surface area (Å²) < 4.78 is 33.0. The van der Waals surface area contributed by atoms with Crippen molar-refractivity contribution in [1.29, 1.82) is 0 Å². The van der Waals surface area contributed by atoms with Crippen LogP contribution < -0.4 is 0 Å². The number of hydrogen-bond acceptors (Lipinski definition) is 12. The number of ether oxygens (including phenoxy) is 6. The molecule has 0 aromatic rings. The molecule has 522 valence electrons. The van der Waals surface area contributed by atoms with E-state index in [4.69, 9.17) is 28.4 Å². The Kier molecular flexibility index (Phi) is 73.6. The van der Waals surface area contributed by atoms with Crippen LogP contribution in [-0.4, -0.2) is 69.4 Å². The van der Waals surface area contributed by atoms with Crippen molar-refractivity contribution in [2.24, 2.45) is 34.0 Å². The zero-order valence-corrected chi connectivity index (χ0v) is 83.0. The van der Waals surface area contributed by atoms with Crippen LogP contribution in [0.15, 0.2) is 0 Å². The summed E-state index contributed by atoms with van der Waals surface area (Å²) in [5.41, 5.74) is -2.52. The molecule has 0 aromatic heterocycles. The van der Waals surface area contributed by atoms with Gasteiger partial charge in [0.25, 0.3) is 0 Å². The third-order valence-electron chi connectivity index (χ3n) is 18.0. The number of carbonyl (C=O) groups is 6. The van der Waals surface area contributed by atoms with Gasteiger partial charge in [-0.05, 0) is 99.3 Å². The minimum absolute atomic E-state index is 0. The van der Waals surface area contributed by atoms with Crippen LogP contribution in [0.3, 0.4) is 0 Å². The maximum absolute atomic E-state index is 12.0. The molecule has 0 heterocycles. The van der Waals surface area contributed by atoms with E-state index in [1.54, 1.807) is 0 Å². The average molecular weight is 1730 g/mol. The Bertz CT molecular complexity index is 1810. The Morgan fingerprint density at radius 2 is 0.533 bits per heavy atom. The van der Waals surface area contributed by atoms with E-state index < -0.39 is 11.2 Å². The van der Waals surface area contributed by atoms with Crippen molar-refractivity contribution in [2.45, 2.75) is 361 Å². The third-order valence-corrected chi connectivity index (χ3v) is 18.0. The van der Waals surface area contributed by atoms with Crippen molar-refractivity contribution >= 4 is 35.8 Å². The number of rotatable bonds is 24. The molecule has 0 rings (SSSR count). The fourth-order valence-corrected chi connectivity index (χ4v) is 5.79. The first-order valence-corrected chi connectivity index (χ1v) is 31.8. The Balaban J connectivity index is -0.0000000803. The van der Waals surface area contributed by atoms with Crippen molar-refractivity contribution in [3.05, 3.63) is 35.5 Å². The Morgan fingerprint density at radius 1 is 0.300 bits per heavy atom. The van der Waals surface area contributed by atoms with E-state index in [9.17, 15) is 28.8 Å². The van der Waals surface area contributed by atoms with Gasteiger partial charge in [0.1, 0.15) is 33.6 Å². The summed E-state index contributed by atoms with van der Waals surface area (Å²) in [7, 11) is 0. The predicted octanol–water partition coefficient (Wildman–Crippen LogP) is 20.1. The van der Waals surface area contributed by atoms with Gasteiger partial charge in [-0.2, -0.15) is 80.1 Å². The topological polar surface area (TPSA) is 158 Å². The summed E-state index contributed by atoms with van der Waals surface area (Å²) in [6.07, 6.45) is 7.11. The zero-order valence-electron chi connectivity index (χ0n) is 66.0. The van der Waals surface area contributed by atoms with E-state index in [0.717, 1.165) is 93.3 Å². The largest absolute Gasteiger partial charge is 0.482 e. The van der Waals surface area contributed by atoms with Crippen LogP contribution in [0.5, 0.6) is 0 Å². The summed E-state index contributed by atoms with van der Waals surface area (Å²) in [6.45, 7) is 77.9.